The molecule has 0 bridgehead atoms. The van der Waals surface area contributed by atoms with Gasteiger partial charge in [0.2, 0.25) is 5.91 Å². The maximum absolute atomic E-state index is 13.5. The molecule has 0 aliphatic carbocycles. The van der Waals surface area contributed by atoms with Crippen molar-refractivity contribution >= 4 is 11.6 Å². The second kappa shape index (κ2) is 5.93. The smallest absolute Gasteiger partial charge is 0.238 e. The average molecular weight is 252 g/mol. The Morgan fingerprint density at radius 1 is 1.44 bits per heavy atom. The summed E-state index contributed by atoms with van der Waals surface area (Å²) in [5, 5.41) is 2.59. The highest BCUT2D eigenvalue weighted by atomic mass is 19.1. The first kappa shape index (κ1) is 13.0. The lowest BCUT2D eigenvalue weighted by Crippen LogP contribution is -2.41. The minimum absolute atomic E-state index is 0.195. The van der Waals surface area contributed by atoms with Gasteiger partial charge in [0.1, 0.15) is 5.82 Å². The molecule has 1 aromatic rings. The van der Waals surface area contributed by atoms with E-state index in [9.17, 15) is 9.18 Å². The molecule has 1 aromatic carbocycles. The molecule has 1 amide bonds. The number of hydrogen-bond donors (Lipinski definition) is 1. The number of morpholine rings is 1. The van der Waals surface area contributed by atoms with Gasteiger partial charge in [0.25, 0.3) is 0 Å². The Labute approximate surface area is 106 Å². The maximum atomic E-state index is 13.5. The van der Waals surface area contributed by atoms with E-state index in [-0.39, 0.29) is 18.1 Å². The molecule has 4 nitrogen and oxygen atoms in total. The van der Waals surface area contributed by atoms with Crippen molar-refractivity contribution in [3.63, 3.8) is 0 Å². The van der Waals surface area contributed by atoms with Crippen LogP contribution in [0.2, 0.25) is 0 Å². The Kier molecular flexibility index (Phi) is 4.28. The van der Waals surface area contributed by atoms with Crippen molar-refractivity contribution in [3.8, 4) is 0 Å². The molecule has 1 fully saturated rings. The van der Waals surface area contributed by atoms with Crippen LogP contribution < -0.4 is 5.32 Å². The first-order chi connectivity index (χ1) is 8.65. The van der Waals surface area contributed by atoms with Gasteiger partial charge in [0.15, 0.2) is 0 Å². The third-order valence-corrected chi connectivity index (χ3v) is 2.87. The van der Waals surface area contributed by atoms with Crippen LogP contribution in [0.4, 0.5) is 10.1 Å². The van der Waals surface area contributed by atoms with Crippen molar-refractivity contribution in [1.29, 1.82) is 0 Å². The van der Waals surface area contributed by atoms with Crippen molar-refractivity contribution in [2.24, 2.45) is 0 Å². The summed E-state index contributed by atoms with van der Waals surface area (Å²) in [6.07, 6.45) is 0. The highest BCUT2D eigenvalue weighted by Gasteiger charge is 2.15. The zero-order valence-electron chi connectivity index (χ0n) is 10.4. The molecule has 1 saturated heterocycles. The Hall–Kier alpha value is -1.46. The van der Waals surface area contributed by atoms with Gasteiger partial charge in [-0.25, -0.2) is 4.39 Å². The summed E-state index contributed by atoms with van der Waals surface area (Å²) >= 11 is 0. The molecule has 98 valence electrons. The second-order valence-electron chi connectivity index (χ2n) is 4.42. The van der Waals surface area contributed by atoms with Crippen LogP contribution in [-0.4, -0.2) is 43.7 Å². The minimum Gasteiger partial charge on any atom is -0.379 e. The van der Waals surface area contributed by atoms with Gasteiger partial charge in [-0.15, -0.1) is 0 Å². The molecule has 0 atom stereocenters. The summed E-state index contributed by atoms with van der Waals surface area (Å²) in [6.45, 7) is 4.85. The number of nitrogens with zero attached hydrogens (tertiary/aromatic N) is 1. The fraction of sp³-hybridized carbons (Fsp3) is 0.462. The highest BCUT2D eigenvalue weighted by Crippen LogP contribution is 2.15. The van der Waals surface area contributed by atoms with Crippen LogP contribution in [0, 0.1) is 12.7 Å². The fourth-order valence-electron chi connectivity index (χ4n) is 1.87. The van der Waals surface area contributed by atoms with E-state index in [1.54, 1.807) is 12.1 Å². The van der Waals surface area contributed by atoms with Gasteiger partial charge < -0.3 is 10.1 Å². The van der Waals surface area contributed by atoms with Crippen molar-refractivity contribution in [2.75, 3.05) is 38.2 Å². The maximum Gasteiger partial charge on any atom is 0.238 e. The number of aryl methyl sites for hydroxylation is 1. The number of amides is 1. The molecule has 18 heavy (non-hydrogen) atoms. The standard InChI is InChI=1S/C13H17FN2O2/c1-10-2-3-12(11(14)8-10)15-13(17)9-16-4-6-18-7-5-16/h2-3,8H,4-7,9H2,1H3,(H,15,17). The van der Waals surface area contributed by atoms with E-state index in [0.29, 0.717) is 13.2 Å². The van der Waals surface area contributed by atoms with E-state index in [1.165, 1.54) is 6.07 Å². The molecule has 0 radical (unpaired) electrons. The third kappa shape index (κ3) is 3.51. The molecular weight excluding hydrogens is 235 g/mol. The summed E-state index contributed by atoms with van der Waals surface area (Å²) < 4.78 is 18.7. The Balaban J connectivity index is 1.90. The number of anilines is 1. The van der Waals surface area contributed by atoms with Crippen LogP contribution in [0.25, 0.3) is 0 Å². The number of rotatable bonds is 3. The van der Waals surface area contributed by atoms with E-state index in [0.717, 1.165) is 18.7 Å². The van der Waals surface area contributed by atoms with Crippen molar-refractivity contribution in [1.82, 2.24) is 4.90 Å². The molecule has 2 rings (SSSR count). The molecular formula is C13H17FN2O2. The number of halogens is 1. The molecule has 0 aromatic heterocycles. The third-order valence-electron chi connectivity index (χ3n) is 2.87. The number of carbonyl (C=O) groups is 1. The molecule has 1 heterocycles. The van der Waals surface area contributed by atoms with Gasteiger partial charge in [-0.05, 0) is 24.6 Å². The quantitative estimate of drug-likeness (QED) is 0.884. The van der Waals surface area contributed by atoms with Crippen LogP contribution in [0.15, 0.2) is 18.2 Å². The number of nitrogens with one attached hydrogen (secondary N) is 1. The molecule has 1 aliphatic heterocycles. The van der Waals surface area contributed by atoms with E-state index >= 15 is 0 Å². The predicted molar refractivity (Wildman–Crippen MR) is 67.0 cm³/mol. The van der Waals surface area contributed by atoms with Gasteiger partial charge in [-0.2, -0.15) is 0 Å². The van der Waals surface area contributed by atoms with Crippen LogP contribution in [-0.2, 0) is 9.53 Å². The summed E-state index contributed by atoms with van der Waals surface area (Å²) in [7, 11) is 0. The SMILES string of the molecule is Cc1ccc(NC(=O)CN2CCOCC2)c(F)c1. The van der Waals surface area contributed by atoms with E-state index < -0.39 is 5.82 Å². The second-order valence-corrected chi connectivity index (χ2v) is 4.42. The zero-order chi connectivity index (χ0) is 13.0. The van der Waals surface area contributed by atoms with Crippen LogP contribution >= 0.6 is 0 Å². The molecule has 1 aliphatic rings. The van der Waals surface area contributed by atoms with Gasteiger partial charge in [0.05, 0.1) is 25.4 Å². The first-order valence-electron chi connectivity index (χ1n) is 6.01. The summed E-state index contributed by atoms with van der Waals surface area (Å²) in [4.78, 5) is 13.7. The normalized spacial score (nSPS) is 16.6. The molecule has 1 N–H and O–H groups in total. The van der Waals surface area contributed by atoms with Gasteiger partial charge in [0, 0.05) is 13.1 Å². The Bertz CT molecular complexity index is 431. The van der Waals surface area contributed by atoms with Crippen molar-refractivity contribution < 1.29 is 13.9 Å². The van der Waals surface area contributed by atoms with Crippen LogP contribution in [0.1, 0.15) is 5.56 Å². The Morgan fingerprint density at radius 3 is 2.83 bits per heavy atom. The monoisotopic (exact) mass is 252 g/mol. The van der Waals surface area contributed by atoms with Crippen LogP contribution in [0.5, 0.6) is 0 Å². The van der Waals surface area contributed by atoms with E-state index in [1.807, 2.05) is 11.8 Å². The van der Waals surface area contributed by atoms with Gasteiger partial charge in [-0.1, -0.05) is 6.07 Å². The highest BCUT2D eigenvalue weighted by molar-refractivity contribution is 5.92. The van der Waals surface area contributed by atoms with Gasteiger partial charge >= 0.3 is 0 Å². The lowest BCUT2D eigenvalue weighted by Gasteiger charge is -2.25. The molecule has 5 heteroatoms. The minimum atomic E-state index is -0.398. The average Bonchev–Trinajstić information content (AvgIpc) is 2.34. The number of carbonyl (C=O) groups excluding carboxylic acids is 1. The first-order valence-corrected chi connectivity index (χ1v) is 6.01. The van der Waals surface area contributed by atoms with E-state index in [2.05, 4.69) is 5.32 Å². The fourth-order valence-corrected chi connectivity index (χ4v) is 1.87. The number of benzene rings is 1. The topological polar surface area (TPSA) is 41.6 Å². The molecule has 0 unspecified atom stereocenters. The van der Waals surface area contributed by atoms with E-state index in [4.69, 9.17) is 4.74 Å². The van der Waals surface area contributed by atoms with Crippen LogP contribution in [0.3, 0.4) is 0 Å². The summed E-state index contributed by atoms with van der Waals surface area (Å²) in [5.74, 6) is -0.593. The van der Waals surface area contributed by atoms with Crippen molar-refractivity contribution in [2.45, 2.75) is 6.92 Å². The Morgan fingerprint density at radius 2 is 2.17 bits per heavy atom. The largest absolute Gasteiger partial charge is 0.379 e. The summed E-state index contributed by atoms with van der Waals surface area (Å²) in [5.41, 5.74) is 1.07. The zero-order valence-corrected chi connectivity index (χ0v) is 10.4. The van der Waals surface area contributed by atoms with Crippen molar-refractivity contribution in [3.05, 3.63) is 29.6 Å². The number of hydrogen-bond acceptors (Lipinski definition) is 3. The number of ether oxygens (including phenoxy) is 1. The molecule has 0 saturated carbocycles. The predicted octanol–water partition coefficient (Wildman–Crippen LogP) is 1.40. The lowest BCUT2D eigenvalue weighted by atomic mass is 10.2. The van der Waals surface area contributed by atoms with Gasteiger partial charge in [-0.3, -0.25) is 9.69 Å². The molecule has 0 spiro atoms. The lowest BCUT2D eigenvalue weighted by molar-refractivity contribution is -0.118. The summed E-state index contributed by atoms with van der Waals surface area (Å²) in [6, 6.07) is 4.76.